The van der Waals surface area contributed by atoms with Crippen LogP contribution in [0, 0.1) is 12.7 Å². The van der Waals surface area contributed by atoms with E-state index in [0.717, 1.165) is 12.0 Å². The standard InChI is InChI=1S/C20H22FN5O/c1-3-11-25(13-16-9-7-15(2)8-10-16)19(27)14-26-23-20(22-24-26)17-5-4-6-18(21)12-17/h4-10,12H,3,11,13-14H2,1-2H3. The van der Waals surface area contributed by atoms with Crippen molar-refractivity contribution < 1.29 is 9.18 Å². The van der Waals surface area contributed by atoms with Gasteiger partial charge in [-0.3, -0.25) is 4.79 Å². The number of aryl methyl sites for hydroxylation is 1. The van der Waals surface area contributed by atoms with Gasteiger partial charge in [0.2, 0.25) is 11.7 Å². The Hall–Kier alpha value is -3.09. The molecule has 0 aliphatic heterocycles. The van der Waals surface area contributed by atoms with Crippen molar-refractivity contribution in [2.45, 2.75) is 33.4 Å². The first-order chi connectivity index (χ1) is 13.0. The zero-order valence-electron chi connectivity index (χ0n) is 15.5. The molecule has 1 amide bonds. The molecule has 0 unspecified atom stereocenters. The minimum atomic E-state index is -0.368. The van der Waals surface area contributed by atoms with Crippen LogP contribution >= 0.6 is 0 Å². The molecule has 27 heavy (non-hydrogen) atoms. The predicted molar refractivity (Wildman–Crippen MR) is 100 cm³/mol. The molecule has 7 heteroatoms. The van der Waals surface area contributed by atoms with Crippen molar-refractivity contribution in [3.63, 3.8) is 0 Å². The molecule has 0 N–H and O–H groups in total. The third-order valence-corrected chi connectivity index (χ3v) is 4.15. The van der Waals surface area contributed by atoms with E-state index in [1.54, 1.807) is 17.0 Å². The number of hydrogen-bond acceptors (Lipinski definition) is 4. The fourth-order valence-electron chi connectivity index (χ4n) is 2.75. The topological polar surface area (TPSA) is 63.9 Å². The second kappa shape index (κ2) is 8.53. The first kappa shape index (κ1) is 18.7. The van der Waals surface area contributed by atoms with E-state index < -0.39 is 0 Å². The fraction of sp³-hybridized carbons (Fsp3) is 0.300. The van der Waals surface area contributed by atoms with E-state index in [0.29, 0.717) is 24.5 Å². The van der Waals surface area contributed by atoms with E-state index in [4.69, 9.17) is 0 Å². The Morgan fingerprint density at radius 2 is 1.96 bits per heavy atom. The molecule has 1 heterocycles. The second-order valence-electron chi connectivity index (χ2n) is 6.45. The van der Waals surface area contributed by atoms with E-state index in [-0.39, 0.29) is 18.3 Å². The van der Waals surface area contributed by atoms with Crippen molar-refractivity contribution in [3.8, 4) is 11.4 Å². The Morgan fingerprint density at radius 3 is 2.67 bits per heavy atom. The monoisotopic (exact) mass is 367 g/mol. The lowest BCUT2D eigenvalue weighted by molar-refractivity contribution is -0.133. The van der Waals surface area contributed by atoms with Crippen LogP contribution in [0.3, 0.4) is 0 Å². The van der Waals surface area contributed by atoms with Crippen LogP contribution in [0.2, 0.25) is 0 Å². The first-order valence-corrected chi connectivity index (χ1v) is 8.92. The second-order valence-corrected chi connectivity index (χ2v) is 6.45. The maximum atomic E-state index is 13.3. The minimum absolute atomic E-state index is 0.00578. The highest BCUT2D eigenvalue weighted by molar-refractivity contribution is 5.75. The minimum Gasteiger partial charge on any atom is -0.337 e. The summed E-state index contributed by atoms with van der Waals surface area (Å²) in [5.41, 5.74) is 2.79. The zero-order chi connectivity index (χ0) is 19.2. The molecule has 1 aromatic heterocycles. The summed E-state index contributed by atoms with van der Waals surface area (Å²) < 4.78 is 13.3. The molecule has 2 aromatic carbocycles. The Labute approximate surface area is 157 Å². The average Bonchev–Trinajstić information content (AvgIpc) is 3.11. The number of amides is 1. The molecule has 0 fully saturated rings. The lowest BCUT2D eigenvalue weighted by atomic mass is 10.1. The van der Waals surface area contributed by atoms with Gasteiger partial charge in [-0.25, -0.2) is 4.39 Å². The van der Waals surface area contributed by atoms with Gasteiger partial charge < -0.3 is 4.90 Å². The summed E-state index contributed by atoms with van der Waals surface area (Å²) in [6.45, 7) is 5.25. The highest BCUT2D eigenvalue weighted by atomic mass is 19.1. The summed E-state index contributed by atoms with van der Waals surface area (Å²) in [5, 5.41) is 12.1. The van der Waals surface area contributed by atoms with Gasteiger partial charge in [0.1, 0.15) is 12.4 Å². The molecule has 0 aliphatic rings. The largest absolute Gasteiger partial charge is 0.337 e. The molecular formula is C20H22FN5O. The van der Waals surface area contributed by atoms with E-state index >= 15 is 0 Å². The summed E-state index contributed by atoms with van der Waals surface area (Å²) in [5.74, 6) is -0.157. The van der Waals surface area contributed by atoms with Crippen LogP contribution in [0.1, 0.15) is 24.5 Å². The van der Waals surface area contributed by atoms with Crippen molar-refractivity contribution in [3.05, 3.63) is 65.5 Å². The number of aromatic nitrogens is 4. The number of halogens is 1. The van der Waals surface area contributed by atoms with Crippen molar-refractivity contribution >= 4 is 5.91 Å². The summed E-state index contributed by atoms with van der Waals surface area (Å²) in [4.78, 5) is 15.7. The molecule has 3 aromatic rings. The summed E-state index contributed by atoms with van der Waals surface area (Å²) in [6.07, 6.45) is 0.858. The summed E-state index contributed by atoms with van der Waals surface area (Å²) >= 11 is 0. The van der Waals surface area contributed by atoms with Crippen molar-refractivity contribution in [1.29, 1.82) is 0 Å². The maximum Gasteiger partial charge on any atom is 0.246 e. The highest BCUT2D eigenvalue weighted by Crippen LogP contribution is 2.14. The molecule has 0 bridgehead atoms. The lowest BCUT2D eigenvalue weighted by Gasteiger charge is -2.22. The SMILES string of the molecule is CCCN(Cc1ccc(C)cc1)C(=O)Cn1nnc(-c2cccc(F)c2)n1. The van der Waals surface area contributed by atoms with E-state index in [1.165, 1.54) is 22.5 Å². The number of carbonyl (C=O) groups is 1. The van der Waals surface area contributed by atoms with Gasteiger partial charge in [-0.1, -0.05) is 48.9 Å². The van der Waals surface area contributed by atoms with E-state index in [2.05, 4.69) is 15.4 Å². The van der Waals surface area contributed by atoms with Crippen LogP contribution < -0.4 is 0 Å². The van der Waals surface area contributed by atoms with Gasteiger partial charge in [-0.2, -0.15) is 4.80 Å². The molecular weight excluding hydrogens is 345 g/mol. The van der Waals surface area contributed by atoms with Gasteiger partial charge in [0, 0.05) is 18.7 Å². The smallest absolute Gasteiger partial charge is 0.246 e. The van der Waals surface area contributed by atoms with Gasteiger partial charge in [0.15, 0.2) is 0 Å². The number of carbonyl (C=O) groups excluding carboxylic acids is 1. The Balaban J connectivity index is 1.69. The van der Waals surface area contributed by atoms with E-state index in [1.807, 2.05) is 38.1 Å². The molecule has 0 radical (unpaired) electrons. The van der Waals surface area contributed by atoms with Crippen molar-refractivity contribution in [1.82, 2.24) is 25.1 Å². The molecule has 0 aliphatic carbocycles. The number of nitrogens with zero attached hydrogens (tertiary/aromatic N) is 5. The third kappa shape index (κ3) is 4.97. The molecule has 0 saturated carbocycles. The number of hydrogen-bond donors (Lipinski definition) is 0. The van der Waals surface area contributed by atoms with Gasteiger partial charge >= 0.3 is 0 Å². The van der Waals surface area contributed by atoms with Crippen molar-refractivity contribution in [2.24, 2.45) is 0 Å². The zero-order valence-corrected chi connectivity index (χ0v) is 15.5. The van der Waals surface area contributed by atoms with E-state index in [9.17, 15) is 9.18 Å². The highest BCUT2D eigenvalue weighted by Gasteiger charge is 2.16. The van der Waals surface area contributed by atoms with Crippen LogP contribution in [0.25, 0.3) is 11.4 Å². The van der Waals surface area contributed by atoms with Crippen LogP contribution in [-0.2, 0) is 17.9 Å². The number of rotatable bonds is 7. The molecule has 0 spiro atoms. The summed E-state index contributed by atoms with van der Waals surface area (Å²) in [6, 6.07) is 14.1. The summed E-state index contributed by atoms with van der Waals surface area (Å²) in [7, 11) is 0. The van der Waals surface area contributed by atoms with Gasteiger partial charge in [0.25, 0.3) is 0 Å². The Kier molecular flexibility index (Phi) is 5.90. The van der Waals surface area contributed by atoms with Gasteiger partial charge in [0.05, 0.1) is 0 Å². The van der Waals surface area contributed by atoms with Crippen LogP contribution in [0.15, 0.2) is 48.5 Å². The number of tetrazole rings is 1. The third-order valence-electron chi connectivity index (χ3n) is 4.15. The maximum absolute atomic E-state index is 13.3. The Morgan fingerprint density at radius 1 is 1.19 bits per heavy atom. The lowest BCUT2D eigenvalue weighted by Crippen LogP contribution is -2.34. The average molecular weight is 367 g/mol. The molecule has 140 valence electrons. The Bertz CT molecular complexity index is 907. The normalized spacial score (nSPS) is 10.8. The molecule has 0 saturated heterocycles. The van der Waals surface area contributed by atoms with Crippen LogP contribution in [0.4, 0.5) is 4.39 Å². The van der Waals surface area contributed by atoms with Crippen molar-refractivity contribution in [2.75, 3.05) is 6.54 Å². The van der Waals surface area contributed by atoms with Gasteiger partial charge in [-0.15, -0.1) is 10.2 Å². The molecule has 6 nitrogen and oxygen atoms in total. The van der Waals surface area contributed by atoms with Crippen LogP contribution in [-0.4, -0.2) is 37.6 Å². The quantitative estimate of drug-likeness (QED) is 0.643. The fourth-order valence-corrected chi connectivity index (χ4v) is 2.75. The molecule has 3 rings (SSSR count). The predicted octanol–water partition coefficient (Wildman–Crippen LogP) is 3.23. The number of benzene rings is 2. The molecule has 0 atom stereocenters. The first-order valence-electron chi connectivity index (χ1n) is 8.92. The van der Waals surface area contributed by atoms with Crippen LogP contribution in [0.5, 0.6) is 0 Å². The van der Waals surface area contributed by atoms with Gasteiger partial charge in [-0.05, 0) is 36.3 Å².